The van der Waals surface area contributed by atoms with Crippen molar-refractivity contribution in [1.29, 1.82) is 0 Å². The smallest absolute Gasteiger partial charge is 0.117 e. The van der Waals surface area contributed by atoms with Gasteiger partial charge in [-0.15, -0.1) is 22.7 Å². The Morgan fingerprint density at radius 2 is 1.24 bits per heavy atom. The maximum absolute atomic E-state index is 9.10. The molecule has 2 aromatic carbocycles. The van der Waals surface area contributed by atoms with E-state index in [2.05, 4.69) is 35.1 Å². The van der Waals surface area contributed by atoms with Crippen molar-refractivity contribution in [1.82, 2.24) is 9.97 Å². The predicted octanol–water partition coefficient (Wildman–Crippen LogP) is 3.57. The van der Waals surface area contributed by atoms with E-state index in [1.807, 2.05) is 19.9 Å². The average Bonchev–Trinajstić information content (AvgIpc) is 2.99. The van der Waals surface area contributed by atoms with Gasteiger partial charge >= 0.3 is 0 Å². The van der Waals surface area contributed by atoms with Crippen molar-refractivity contribution in [3.8, 4) is 5.75 Å². The average molecular weight is 471 g/mol. The molecule has 0 radical (unpaired) electrons. The molecular weight excluding hydrogens is 451 g/mol. The van der Waals surface area contributed by atoms with E-state index in [9.17, 15) is 0 Å². The first-order valence-electron chi connectivity index (χ1n) is 6.91. The summed E-state index contributed by atoms with van der Waals surface area (Å²) in [6.45, 7) is 6.09. The van der Waals surface area contributed by atoms with E-state index in [1.54, 1.807) is 34.8 Å². The standard InChI is InChI=1S/C9H9NS.C8H7NOS.2H2O.Pd/c1-6-3-4-9-8(5-6)10-7(2)11-9;1-5-9-7-4-6(10)2-3-8(7)11-5;;;/h3-5H,1-2H3;2-4,10H,1H3;2*1H2;. The molecule has 8 heteroatoms. The Kier molecular flexibility index (Phi) is 9.37. The fourth-order valence-corrected chi connectivity index (χ4v) is 3.80. The molecule has 5 nitrogen and oxygen atoms in total. The van der Waals surface area contributed by atoms with Crippen LogP contribution in [0.25, 0.3) is 20.4 Å². The molecule has 0 aliphatic carbocycles. The van der Waals surface area contributed by atoms with E-state index >= 15 is 0 Å². The maximum Gasteiger partial charge on any atom is 0.117 e. The number of benzene rings is 2. The number of fused-ring (bicyclic) bond motifs is 2. The van der Waals surface area contributed by atoms with Gasteiger partial charge in [0.2, 0.25) is 0 Å². The number of thiazole rings is 2. The summed E-state index contributed by atoms with van der Waals surface area (Å²) in [4.78, 5) is 8.62. The van der Waals surface area contributed by atoms with Crippen molar-refractivity contribution in [3.05, 3.63) is 52.0 Å². The van der Waals surface area contributed by atoms with Gasteiger partial charge in [0.1, 0.15) is 5.75 Å². The van der Waals surface area contributed by atoms with Gasteiger partial charge in [0.15, 0.2) is 0 Å². The number of hydrogen-bond acceptors (Lipinski definition) is 5. The molecule has 0 saturated carbocycles. The molecule has 0 saturated heterocycles. The third-order valence-electron chi connectivity index (χ3n) is 3.13. The largest absolute Gasteiger partial charge is 0.508 e. The monoisotopic (exact) mass is 470 g/mol. The minimum atomic E-state index is 0. The second-order valence-corrected chi connectivity index (χ2v) is 7.56. The number of nitrogens with zero attached hydrogens (tertiary/aromatic N) is 2. The SMILES string of the molecule is Cc1ccc2sc(C)nc2c1.Cc1nc2cc(O)ccc2s1.O.O.[Pd]. The van der Waals surface area contributed by atoms with Gasteiger partial charge in [-0.1, -0.05) is 6.07 Å². The van der Waals surface area contributed by atoms with Gasteiger partial charge in [-0.05, 0) is 50.6 Å². The Balaban J connectivity index is 0.000000411. The number of aromatic nitrogens is 2. The number of aromatic hydroxyl groups is 1. The molecule has 2 aromatic heterocycles. The van der Waals surface area contributed by atoms with Gasteiger partial charge in [0.05, 0.1) is 30.4 Å². The first kappa shape index (κ1) is 23.6. The van der Waals surface area contributed by atoms with Crippen molar-refractivity contribution in [3.63, 3.8) is 0 Å². The number of phenolic OH excluding ortho intramolecular Hbond substituents is 1. The van der Waals surface area contributed by atoms with Crippen molar-refractivity contribution < 1.29 is 36.5 Å². The van der Waals surface area contributed by atoms with Gasteiger partial charge in [-0.3, -0.25) is 0 Å². The molecule has 0 spiro atoms. The van der Waals surface area contributed by atoms with Crippen LogP contribution in [-0.2, 0) is 20.4 Å². The van der Waals surface area contributed by atoms with Crippen LogP contribution < -0.4 is 0 Å². The molecule has 4 rings (SSSR count). The van der Waals surface area contributed by atoms with Crippen LogP contribution >= 0.6 is 22.7 Å². The number of phenols is 1. The van der Waals surface area contributed by atoms with Crippen LogP contribution in [-0.4, -0.2) is 26.0 Å². The van der Waals surface area contributed by atoms with E-state index in [4.69, 9.17) is 5.11 Å². The van der Waals surface area contributed by atoms with Crippen molar-refractivity contribution >= 4 is 43.1 Å². The normalized spacial score (nSPS) is 9.40. The molecule has 4 aromatic rings. The fraction of sp³-hybridized carbons (Fsp3) is 0.176. The first-order valence-corrected chi connectivity index (χ1v) is 8.54. The van der Waals surface area contributed by atoms with Crippen LogP contribution in [0.15, 0.2) is 36.4 Å². The van der Waals surface area contributed by atoms with Gasteiger partial charge in [0, 0.05) is 26.5 Å². The fourth-order valence-electron chi connectivity index (χ4n) is 2.18. The molecule has 2 heterocycles. The summed E-state index contributed by atoms with van der Waals surface area (Å²) >= 11 is 3.39. The molecule has 0 aliphatic heterocycles. The summed E-state index contributed by atoms with van der Waals surface area (Å²) in [5.41, 5.74) is 3.29. The van der Waals surface area contributed by atoms with Crippen LogP contribution in [0, 0.1) is 20.8 Å². The van der Waals surface area contributed by atoms with E-state index in [0.29, 0.717) is 0 Å². The zero-order valence-electron chi connectivity index (χ0n) is 13.9. The molecule has 0 fully saturated rings. The third kappa shape index (κ3) is 5.82. The second-order valence-electron chi connectivity index (χ2n) is 5.09. The Hall–Kier alpha value is -1.40. The molecule has 0 amide bonds. The molecule has 138 valence electrons. The summed E-state index contributed by atoms with van der Waals surface area (Å²) in [6.07, 6.45) is 0. The molecule has 0 bridgehead atoms. The van der Waals surface area contributed by atoms with Crippen molar-refractivity contribution in [2.75, 3.05) is 0 Å². The minimum Gasteiger partial charge on any atom is -0.508 e. The molecule has 5 N–H and O–H groups in total. The first-order chi connectivity index (χ1) is 10.5. The molecule has 0 atom stereocenters. The predicted molar refractivity (Wildman–Crippen MR) is 102 cm³/mol. The van der Waals surface area contributed by atoms with Crippen molar-refractivity contribution in [2.24, 2.45) is 0 Å². The van der Waals surface area contributed by atoms with Gasteiger partial charge in [0.25, 0.3) is 0 Å². The van der Waals surface area contributed by atoms with Crippen LogP contribution in [0.3, 0.4) is 0 Å². The van der Waals surface area contributed by atoms with Gasteiger partial charge < -0.3 is 16.1 Å². The Bertz CT molecular complexity index is 876. The molecule has 0 aliphatic rings. The van der Waals surface area contributed by atoms with E-state index in [-0.39, 0.29) is 37.1 Å². The van der Waals surface area contributed by atoms with Crippen molar-refractivity contribution in [2.45, 2.75) is 20.8 Å². The van der Waals surface area contributed by atoms with Gasteiger partial charge in [-0.25, -0.2) is 9.97 Å². The number of rotatable bonds is 0. The number of hydrogen-bond donors (Lipinski definition) is 1. The van der Waals surface area contributed by atoms with E-state index in [0.717, 1.165) is 25.7 Å². The van der Waals surface area contributed by atoms with Crippen LogP contribution in [0.1, 0.15) is 15.6 Å². The summed E-state index contributed by atoms with van der Waals surface area (Å²) in [5.74, 6) is 0.280. The molecular formula is C17H20N2O3PdS2. The van der Waals surface area contributed by atoms with E-state index in [1.165, 1.54) is 10.3 Å². The van der Waals surface area contributed by atoms with E-state index < -0.39 is 0 Å². The Labute approximate surface area is 167 Å². The van der Waals surface area contributed by atoms with Crippen LogP contribution in [0.5, 0.6) is 5.75 Å². The van der Waals surface area contributed by atoms with Crippen LogP contribution in [0.4, 0.5) is 0 Å². The number of aryl methyl sites for hydroxylation is 3. The second kappa shape index (κ2) is 9.92. The Morgan fingerprint density at radius 1 is 0.760 bits per heavy atom. The van der Waals surface area contributed by atoms with Gasteiger partial charge in [-0.2, -0.15) is 0 Å². The maximum atomic E-state index is 9.10. The summed E-state index contributed by atoms with van der Waals surface area (Å²) in [6, 6.07) is 11.6. The topological polar surface area (TPSA) is 109 Å². The zero-order chi connectivity index (χ0) is 15.7. The summed E-state index contributed by atoms with van der Waals surface area (Å²) < 4.78 is 2.41. The quantitative estimate of drug-likeness (QED) is 0.397. The Morgan fingerprint density at radius 3 is 1.80 bits per heavy atom. The minimum absolute atomic E-state index is 0. The summed E-state index contributed by atoms with van der Waals surface area (Å²) in [5, 5.41) is 11.3. The third-order valence-corrected chi connectivity index (χ3v) is 5.03. The molecule has 0 unspecified atom stereocenters. The zero-order valence-corrected chi connectivity index (χ0v) is 17.1. The molecule has 25 heavy (non-hydrogen) atoms. The van der Waals surface area contributed by atoms with Crippen LogP contribution in [0.2, 0.25) is 0 Å². The summed E-state index contributed by atoms with van der Waals surface area (Å²) in [7, 11) is 0.